The molecule has 0 saturated carbocycles. The molecule has 1 unspecified atom stereocenters. The molecule has 0 radical (unpaired) electrons. The third-order valence-corrected chi connectivity index (χ3v) is 6.73. The number of carbonyl (C=O) groups excluding carboxylic acids is 1. The first-order chi connectivity index (χ1) is 13.1. The maximum Gasteiger partial charge on any atom is 0.242 e. The molecule has 28 heavy (non-hydrogen) atoms. The third-order valence-electron chi connectivity index (χ3n) is 3.90. The van der Waals surface area contributed by atoms with E-state index in [4.69, 9.17) is 23.2 Å². The summed E-state index contributed by atoms with van der Waals surface area (Å²) in [7, 11) is -4.03. The Balaban J connectivity index is 2.27. The fraction of sp³-hybridized carbons (Fsp3) is 0.316. The summed E-state index contributed by atoms with van der Waals surface area (Å²) in [5.74, 6) is 0.178. The molecule has 0 aliphatic carbocycles. The van der Waals surface area contributed by atoms with E-state index in [-0.39, 0.29) is 14.9 Å². The van der Waals surface area contributed by atoms with E-state index in [0.717, 1.165) is 11.1 Å². The predicted molar refractivity (Wildman–Crippen MR) is 118 cm³/mol. The molecule has 0 aromatic heterocycles. The fourth-order valence-corrected chi connectivity index (χ4v) is 5.15. The Morgan fingerprint density at radius 1 is 1.11 bits per heavy atom. The number of carbonyl (C=O) groups is 1. The van der Waals surface area contributed by atoms with Gasteiger partial charge in [-0.15, -0.1) is 0 Å². The molecule has 0 saturated heterocycles. The number of nitrogens with one attached hydrogen (secondary N) is 2. The Kier molecular flexibility index (Phi) is 8.21. The third kappa shape index (κ3) is 6.39. The lowest BCUT2D eigenvalue weighted by atomic mass is 10.1. The van der Waals surface area contributed by atoms with Gasteiger partial charge >= 0.3 is 0 Å². The molecule has 2 aromatic rings. The molecule has 0 aliphatic rings. The lowest BCUT2D eigenvalue weighted by Crippen LogP contribution is -2.44. The average molecular weight is 461 g/mol. The molecule has 1 amide bonds. The van der Waals surface area contributed by atoms with Crippen molar-refractivity contribution < 1.29 is 13.2 Å². The van der Waals surface area contributed by atoms with Crippen molar-refractivity contribution in [1.29, 1.82) is 0 Å². The largest absolute Gasteiger partial charge is 0.325 e. The van der Waals surface area contributed by atoms with Crippen LogP contribution in [-0.2, 0) is 14.8 Å². The van der Waals surface area contributed by atoms with E-state index in [1.165, 1.54) is 30.0 Å². The van der Waals surface area contributed by atoms with Crippen molar-refractivity contribution in [3.8, 4) is 0 Å². The fourth-order valence-electron chi connectivity index (χ4n) is 2.69. The molecule has 0 aliphatic heterocycles. The van der Waals surface area contributed by atoms with Gasteiger partial charge in [-0.05, 0) is 73.7 Å². The molecular weight excluding hydrogens is 439 g/mol. The first-order valence-electron chi connectivity index (χ1n) is 8.48. The number of hydrogen-bond acceptors (Lipinski definition) is 4. The highest BCUT2D eigenvalue weighted by atomic mass is 35.5. The smallest absolute Gasteiger partial charge is 0.242 e. The van der Waals surface area contributed by atoms with Gasteiger partial charge in [0.05, 0.1) is 5.02 Å². The lowest BCUT2D eigenvalue weighted by Gasteiger charge is -2.19. The second kappa shape index (κ2) is 9.98. The zero-order chi connectivity index (χ0) is 20.9. The van der Waals surface area contributed by atoms with Crippen molar-refractivity contribution in [2.45, 2.75) is 31.2 Å². The summed E-state index contributed by atoms with van der Waals surface area (Å²) in [6.45, 7) is 3.86. The number of aryl methyl sites for hydroxylation is 2. The number of rotatable bonds is 8. The van der Waals surface area contributed by atoms with Crippen LogP contribution in [0.3, 0.4) is 0 Å². The Labute approximate surface area is 180 Å². The molecule has 2 N–H and O–H groups in total. The molecule has 2 rings (SSSR count). The second-order valence-corrected chi connectivity index (χ2v) is 9.91. The van der Waals surface area contributed by atoms with E-state index in [1.54, 1.807) is 0 Å². The van der Waals surface area contributed by atoms with Gasteiger partial charge in [0.25, 0.3) is 0 Å². The van der Waals surface area contributed by atoms with E-state index >= 15 is 0 Å². The lowest BCUT2D eigenvalue weighted by molar-refractivity contribution is -0.117. The van der Waals surface area contributed by atoms with Gasteiger partial charge in [-0.3, -0.25) is 4.79 Å². The van der Waals surface area contributed by atoms with E-state index in [2.05, 4.69) is 10.0 Å². The van der Waals surface area contributed by atoms with Crippen LogP contribution in [0.4, 0.5) is 5.69 Å². The normalized spacial score (nSPS) is 12.6. The van der Waals surface area contributed by atoms with Gasteiger partial charge in [0.2, 0.25) is 15.9 Å². The zero-order valence-corrected chi connectivity index (χ0v) is 18.9. The molecule has 0 bridgehead atoms. The molecule has 0 spiro atoms. The minimum absolute atomic E-state index is 0.0373. The molecule has 0 fully saturated rings. The summed E-state index contributed by atoms with van der Waals surface area (Å²) >= 11 is 13.5. The topological polar surface area (TPSA) is 75.3 Å². The summed E-state index contributed by atoms with van der Waals surface area (Å²) in [5, 5.41) is 3.08. The number of thioether (sulfide) groups is 1. The van der Waals surface area contributed by atoms with Crippen molar-refractivity contribution in [3.05, 3.63) is 57.6 Å². The Bertz CT molecular complexity index is 945. The summed E-state index contributed by atoms with van der Waals surface area (Å²) < 4.78 is 28.1. The van der Waals surface area contributed by atoms with Crippen LogP contribution in [-0.4, -0.2) is 32.4 Å². The van der Waals surface area contributed by atoms with Gasteiger partial charge in [-0.25, -0.2) is 8.42 Å². The van der Waals surface area contributed by atoms with Crippen molar-refractivity contribution in [1.82, 2.24) is 4.72 Å². The summed E-state index contributed by atoms with van der Waals surface area (Å²) in [6, 6.07) is 8.88. The number of anilines is 1. The number of sulfonamides is 1. The summed E-state index contributed by atoms with van der Waals surface area (Å²) in [4.78, 5) is 12.6. The van der Waals surface area contributed by atoms with Crippen molar-refractivity contribution in [2.24, 2.45) is 0 Å². The minimum atomic E-state index is -4.03. The molecule has 2 aromatic carbocycles. The minimum Gasteiger partial charge on any atom is -0.325 e. The quantitative estimate of drug-likeness (QED) is 0.600. The highest BCUT2D eigenvalue weighted by Crippen LogP contribution is 2.25. The first kappa shape index (κ1) is 23.0. The van der Waals surface area contributed by atoms with E-state index < -0.39 is 22.0 Å². The predicted octanol–water partition coefficient (Wildman–Crippen LogP) is 4.65. The van der Waals surface area contributed by atoms with Crippen molar-refractivity contribution in [3.63, 3.8) is 0 Å². The molecule has 152 valence electrons. The van der Waals surface area contributed by atoms with Crippen LogP contribution < -0.4 is 10.0 Å². The number of benzene rings is 2. The standard InChI is InChI=1S/C19H22Cl2N2O3S2/c1-12-8-13(2)10-15(9-12)22-19(24)17(6-7-27-3)23-28(25,26)18-11-14(20)4-5-16(18)21/h4-5,8-11,17,23H,6-7H2,1-3H3,(H,22,24). The van der Waals surface area contributed by atoms with E-state index in [9.17, 15) is 13.2 Å². The second-order valence-electron chi connectivity index (χ2n) is 6.40. The highest BCUT2D eigenvalue weighted by Gasteiger charge is 2.27. The van der Waals surface area contributed by atoms with Gasteiger partial charge in [0, 0.05) is 10.7 Å². The van der Waals surface area contributed by atoms with E-state index in [1.807, 2.05) is 38.3 Å². The monoisotopic (exact) mass is 460 g/mol. The summed E-state index contributed by atoms with van der Waals surface area (Å²) in [6.07, 6.45) is 2.22. The molecule has 9 heteroatoms. The van der Waals surface area contributed by atoms with Gasteiger partial charge in [-0.2, -0.15) is 16.5 Å². The highest BCUT2D eigenvalue weighted by molar-refractivity contribution is 7.98. The number of hydrogen-bond donors (Lipinski definition) is 2. The van der Waals surface area contributed by atoms with Crippen LogP contribution >= 0.6 is 35.0 Å². The number of halogens is 2. The van der Waals surface area contributed by atoms with Crippen LogP contribution in [0.2, 0.25) is 10.0 Å². The molecule has 5 nitrogen and oxygen atoms in total. The van der Waals surface area contributed by atoms with E-state index in [0.29, 0.717) is 17.9 Å². The first-order valence-corrected chi connectivity index (χ1v) is 12.1. The van der Waals surface area contributed by atoms with Crippen LogP contribution in [0.1, 0.15) is 17.5 Å². The van der Waals surface area contributed by atoms with Crippen LogP contribution in [0.25, 0.3) is 0 Å². The van der Waals surface area contributed by atoms with Gasteiger partial charge in [0.1, 0.15) is 10.9 Å². The van der Waals surface area contributed by atoms with Crippen molar-refractivity contribution >= 4 is 56.6 Å². The van der Waals surface area contributed by atoms with Crippen molar-refractivity contribution in [2.75, 3.05) is 17.3 Å². The van der Waals surface area contributed by atoms with Gasteiger partial charge in [0.15, 0.2) is 0 Å². The SMILES string of the molecule is CSCCC(NS(=O)(=O)c1cc(Cl)ccc1Cl)C(=O)Nc1cc(C)cc(C)c1. The maximum absolute atomic E-state index is 12.8. The van der Waals surface area contributed by atoms with Gasteiger partial charge in [-0.1, -0.05) is 29.3 Å². The van der Waals surface area contributed by atoms with Crippen LogP contribution in [0.15, 0.2) is 41.3 Å². The Hall–Kier alpha value is -1.25. The molecular formula is C19H22Cl2N2O3S2. The molecule has 0 heterocycles. The zero-order valence-electron chi connectivity index (χ0n) is 15.8. The molecule has 1 atom stereocenters. The number of amides is 1. The Morgan fingerprint density at radius 2 is 1.75 bits per heavy atom. The van der Waals surface area contributed by atoms with Gasteiger partial charge < -0.3 is 5.32 Å². The maximum atomic E-state index is 12.8. The Morgan fingerprint density at radius 3 is 2.36 bits per heavy atom. The van der Waals surface area contributed by atoms with Crippen LogP contribution in [0, 0.1) is 13.8 Å². The van der Waals surface area contributed by atoms with Crippen LogP contribution in [0.5, 0.6) is 0 Å². The summed E-state index contributed by atoms with van der Waals surface area (Å²) in [5.41, 5.74) is 2.63. The average Bonchev–Trinajstić information content (AvgIpc) is 2.59.